The minimum Gasteiger partial charge on any atom is -0.268 e. The van der Waals surface area contributed by atoms with Crippen molar-refractivity contribution in [3.05, 3.63) is 203 Å². The minimum absolute atomic E-state index is 0.364. The maximum atomic E-state index is 14.8. The molecule has 48 heavy (non-hydrogen) atoms. The molecular weight excluding hydrogens is 588 g/mol. The van der Waals surface area contributed by atoms with Gasteiger partial charge in [-0.2, -0.15) is 0 Å². The van der Waals surface area contributed by atoms with E-state index in [9.17, 15) is 9.59 Å². The van der Waals surface area contributed by atoms with Gasteiger partial charge in [0, 0.05) is 0 Å². The van der Waals surface area contributed by atoms with Gasteiger partial charge in [-0.3, -0.25) is 9.36 Å². The van der Waals surface area contributed by atoms with E-state index in [-0.39, 0.29) is 5.56 Å². The molecule has 0 aliphatic rings. The second kappa shape index (κ2) is 12.3. The molecule has 0 aliphatic carbocycles. The molecule has 0 saturated heterocycles. The lowest BCUT2D eigenvalue weighted by Crippen LogP contribution is -2.38. The zero-order valence-electron chi connectivity index (χ0n) is 26.0. The van der Waals surface area contributed by atoms with Crippen LogP contribution in [-0.2, 0) is 0 Å². The molecule has 1 aromatic heterocycles. The predicted molar refractivity (Wildman–Crippen MR) is 197 cm³/mol. The van der Waals surface area contributed by atoms with Crippen molar-refractivity contribution >= 4 is 10.9 Å². The largest absolute Gasteiger partial charge is 0.340 e. The summed E-state index contributed by atoms with van der Waals surface area (Å²) in [5, 5.41) is 0.470. The molecule has 8 aromatic rings. The van der Waals surface area contributed by atoms with Crippen LogP contribution in [0.5, 0.6) is 0 Å². The van der Waals surface area contributed by atoms with Crippen molar-refractivity contribution < 1.29 is 0 Å². The van der Waals surface area contributed by atoms with Gasteiger partial charge < -0.3 is 0 Å². The van der Waals surface area contributed by atoms with Crippen LogP contribution in [0.25, 0.3) is 66.8 Å². The number of hydrogen-bond acceptors (Lipinski definition) is 2. The fourth-order valence-electron chi connectivity index (χ4n) is 6.48. The third-order valence-corrected chi connectivity index (χ3v) is 8.79. The molecule has 0 atom stereocenters. The van der Waals surface area contributed by atoms with Crippen LogP contribution in [0, 0.1) is 0 Å². The van der Waals surface area contributed by atoms with Crippen LogP contribution in [0.4, 0.5) is 0 Å². The first-order chi connectivity index (χ1) is 23.7. The Bertz CT molecular complexity index is 2530. The Morgan fingerprint density at radius 2 is 0.750 bits per heavy atom. The highest BCUT2D eigenvalue weighted by atomic mass is 16.2. The van der Waals surface area contributed by atoms with Gasteiger partial charge in [-0.25, -0.2) is 9.36 Å². The Hall–Kier alpha value is -6.52. The summed E-state index contributed by atoms with van der Waals surface area (Å²) in [7, 11) is 0. The second-order valence-electron chi connectivity index (χ2n) is 11.7. The second-order valence-corrected chi connectivity index (χ2v) is 11.7. The van der Waals surface area contributed by atoms with Crippen molar-refractivity contribution in [2.24, 2.45) is 0 Å². The average molecular weight is 619 g/mol. The Kier molecular flexibility index (Phi) is 7.44. The number of aromatic nitrogens is 2. The standard InChI is InChI=1S/C44H30N2O2/c47-43-42-40(37-23-10-20-34(28-37)31-14-4-1-5-15-31)26-13-27-41(42)45(38-24-11-21-35(29-38)32-16-6-2-7-17-32)44(48)46(43)39-25-12-22-36(30-39)33-18-8-3-9-19-33/h1-30H. The van der Waals surface area contributed by atoms with E-state index in [1.54, 1.807) is 4.57 Å². The number of rotatable bonds is 6. The molecule has 0 radical (unpaired) electrons. The number of fused-ring (bicyclic) bond motifs is 1. The van der Waals surface area contributed by atoms with E-state index in [0.29, 0.717) is 22.3 Å². The Balaban J connectivity index is 1.42. The van der Waals surface area contributed by atoms with E-state index < -0.39 is 5.69 Å². The van der Waals surface area contributed by atoms with Gasteiger partial charge in [0.2, 0.25) is 0 Å². The summed E-state index contributed by atoms with van der Waals surface area (Å²) < 4.78 is 2.98. The molecule has 0 spiro atoms. The highest BCUT2D eigenvalue weighted by Gasteiger charge is 2.20. The van der Waals surface area contributed by atoms with Gasteiger partial charge >= 0.3 is 5.69 Å². The quantitative estimate of drug-likeness (QED) is 0.186. The molecule has 8 rings (SSSR count). The van der Waals surface area contributed by atoms with E-state index in [0.717, 1.165) is 44.5 Å². The van der Waals surface area contributed by atoms with Crippen LogP contribution in [0.3, 0.4) is 0 Å². The molecule has 0 saturated carbocycles. The summed E-state index contributed by atoms with van der Waals surface area (Å²) in [6.07, 6.45) is 0. The molecule has 0 fully saturated rings. The van der Waals surface area contributed by atoms with Crippen molar-refractivity contribution in [3.63, 3.8) is 0 Å². The van der Waals surface area contributed by atoms with Gasteiger partial charge in [0.05, 0.1) is 22.3 Å². The highest BCUT2D eigenvalue weighted by molar-refractivity contribution is 5.96. The van der Waals surface area contributed by atoms with E-state index >= 15 is 0 Å². The van der Waals surface area contributed by atoms with Gasteiger partial charge in [0.25, 0.3) is 5.56 Å². The Labute approximate surface area is 278 Å². The first kappa shape index (κ1) is 28.9. The van der Waals surface area contributed by atoms with E-state index in [4.69, 9.17) is 0 Å². The summed E-state index contributed by atoms with van der Waals surface area (Å²) in [5.74, 6) is 0. The summed E-state index contributed by atoms with van der Waals surface area (Å²) in [6.45, 7) is 0. The van der Waals surface area contributed by atoms with Gasteiger partial charge in [-0.05, 0) is 80.9 Å². The SMILES string of the molecule is O=c1c2c(-c3cccc(-c4ccccc4)c3)cccc2n(-c2cccc(-c3ccccc3)c2)c(=O)n1-c1cccc(-c2ccccc2)c1. The van der Waals surface area contributed by atoms with Crippen LogP contribution in [0.1, 0.15) is 0 Å². The number of hydrogen-bond donors (Lipinski definition) is 0. The minimum atomic E-state index is -0.432. The fraction of sp³-hybridized carbons (Fsp3) is 0. The zero-order chi connectivity index (χ0) is 32.5. The third-order valence-electron chi connectivity index (χ3n) is 8.79. The van der Waals surface area contributed by atoms with Crippen molar-refractivity contribution in [3.8, 4) is 55.9 Å². The highest BCUT2D eigenvalue weighted by Crippen LogP contribution is 2.32. The first-order valence-corrected chi connectivity index (χ1v) is 15.9. The molecule has 1 heterocycles. The van der Waals surface area contributed by atoms with Gasteiger partial charge in [-0.1, -0.05) is 146 Å². The third kappa shape index (κ3) is 5.25. The summed E-state index contributed by atoms with van der Waals surface area (Å²) >= 11 is 0. The normalized spacial score (nSPS) is 11.1. The van der Waals surface area contributed by atoms with Crippen molar-refractivity contribution in [2.45, 2.75) is 0 Å². The van der Waals surface area contributed by atoms with Crippen LogP contribution >= 0.6 is 0 Å². The topological polar surface area (TPSA) is 44.0 Å². The molecule has 0 amide bonds. The molecule has 4 heteroatoms. The lowest BCUT2D eigenvalue weighted by Gasteiger charge is -2.18. The van der Waals surface area contributed by atoms with Crippen LogP contribution in [0.15, 0.2) is 192 Å². The van der Waals surface area contributed by atoms with Crippen LogP contribution < -0.4 is 11.2 Å². The van der Waals surface area contributed by atoms with E-state index in [1.807, 2.05) is 158 Å². The first-order valence-electron chi connectivity index (χ1n) is 15.9. The van der Waals surface area contributed by atoms with E-state index in [1.165, 1.54) is 4.57 Å². The fourth-order valence-corrected chi connectivity index (χ4v) is 6.48. The Morgan fingerprint density at radius 1 is 0.333 bits per heavy atom. The van der Waals surface area contributed by atoms with Gasteiger partial charge in [0.15, 0.2) is 0 Å². The maximum Gasteiger partial charge on any atom is 0.340 e. The van der Waals surface area contributed by atoms with Crippen molar-refractivity contribution in [1.29, 1.82) is 0 Å². The molecule has 0 aliphatic heterocycles. The lowest BCUT2D eigenvalue weighted by molar-refractivity contribution is 0.835. The summed E-state index contributed by atoms with van der Waals surface area (Å²) in [5.41, 5.74) is 8.66. The van der Waals surface area contributed by atoms with Crippen LogP contribution in [-0.4, -0.2) is 9.13 Å². The molecule has 228 valence electrons. The number of benzene rings is 7. The van der Waals surface area contributed by atoms with Crippen LogP contribution in [0.2, 0.25) is 0 Å². The molecular formula is C44H30N2O2. The predicted octanol–water partition coefficient (Wildman–Crippen LogP) is 9.81. The summed E-state index contributed by atoms with van der Waals surface area (Å²) in [4.78, 5) is 29.5. The van der Waals surface area contributed by atoms with E-state index in [2.05, 4.69) is 24.3 Å². The summed E-state index contributed by atoms with van der Waals surface area (Å²) in [6, 6.07) is 59.7. The molecule has 7 aromatic carbocycles. The maximum absolute atomic E-state index is 14.8. The zero-order valence-corrected chi connectivity index (χ0v) is 26.0. The van der Waals surface area contributed by atoms with Crippen molar-refractivity contribution in [2.75, 3.05) is 0 Å². The lowest BCUT2D eigenvalue weighted by atomic mass is 9.96. The van der Waals surface area contributed by atoms with Gasteiger partial charge in [-0.15, -0.1) is 0 Å². The molecule has 0 N–H and O–H groups in total. The van der Waals surface area contributed by atoms with Crippen molar-refractivity contribution in [1.82, 2.24) is 9.13 Å². The monoisotopic (exact) mass is 618 g/mol. The molecule has 0 bridgehead atoms. The average Bonchev–Trinajstić information content (AvgIpc) is 3.16. The molecule has 4 nitrogen and oxygen atoms in total. The van der Waals surface area contributed by atoms with Gasteiger partial charge in [0.1, 0.15) is 0 Å². The Morgan fingerprint density at radius 3 is 1.29 bits per heavy atom. The number of nitrogens with zero attached hydrogens (tertiary/aromatic N) is 2. The molecule has 0 unspecified atom stereocenters. The smallest absolute Gasteiger partial charge is 0.268 e.